The van der Waals surface area contributed by atoms with Crippen molar-refractivity contribution < 1.29 is 0 Å². The Morgan fingerprint density at radius 3 is 1.69 bits per heavy atom. The number of benzene rings is 6. The number of H-pyrrole nitrogens is 1. The molecule has 134 valence electrons. The van der Waals surface area contributed by atoms with Crippen LogP contribution in [0.15, 0.2) is 97.1 Å². The van der Waals surface area contributed by atoms with Gasteiger partial charge in [-0.05, 0) is 38.4 Å². The first-order chi connectivity index (χ1) is 14.4. The summed E-state index contributed by atoms with van der Waals surface area (Å²) >= 11 is 0. The lowest BCUT2D eigenvalue weighted by Crippen LogP contribution is -1.84. The van der Waals surface area contributed by atoms with E-state index in [9.17, 15) is 0 Å². The van der Waals surface area contributed by atoms with E-state index in [0.717, 1.165) is 0 Å². The van der Waals surface area contributed by atoms with Gasteiger partial charge < -0.3 is 4.98 Å². The molecule has 0 fully saturated rings. The van der Waals surface area contributed by atoms with Gasteiger partial charge in [0.1, 0.15) is 0 Å². The molecule has 1 heterocycles. The molecule has 0 bridgehead atoms. The lowest BCUT2D eigenvalue weighted by atomic mass is 9.91. The van der Waals surface area contributed by atoms with Crippen molar-refractivity contribution in [2.75, 3.05) is 0 Å². The third kappa shape index (κ3) is 1.89. The van der Waals surface area contributed by atoms with Gasteiger partial charge in [0.15, 0.2) is 0 Å². The van der Waals surface area contributed by atoms with Gasteiger partial charge in [0.2, 0.25) is 0 Å². The highest BCUT2D eigenvalue weighted by atomic mass is 14.7. The number of aromatic nitrogens is 1. The highest BCUT2D eigenvalue weighted by molar-refractivity contribution is 6.36. The van der Waals surface area contributed by atoms with E-state index >= 15 is 0 Å². The molecule has 7 aromatic rings. The van der Waals surface area contributed by atoms with Crippen LogP contribution in [-0.4, -0.2) is 4.98 Å². The first kappa shape index (κ1) is 15.1. The fourth-order valence-electron chi connectivity index (χ4n) is 5.13. The number of rotatable bonds is 0. The van der Waals surface area contributed by atoms with Gasteiger partial charge in [-0.25, -0.2) is 0 Å². The topological polar surface area (TPSA) is 15.8 Å². The third-order valence-corrected chi connectivity index (χ3v) is 6.37. The van der Waals surface area contributed by atoms with Crippen molar-refractivity contribution in [3.63, 3.8) is 0 Å². The predicted octanol–water partition coefficient (Wildman–Crippen LogP) is 7.93. The zero-order chi connectivity index (χ0) is 18.9. The fraction of sp³-hybridized carbons (Fsp3) is 0. The summed E-state index contributed by atoms with van der Waals surface area (Å²) in [7, 11) is 0. The molecular weight excluding hydrogens is 350 g/mol. The smallest absolute Gasteiger partial charge is 0.0544 e. The number of nitrogens with one attached hydrogen (secondary N) is 1. The molecule has 0 saturated heterocycles. The minimum absolute atomic E-state index is 1.20. The van der Waals surface area contributed by atoms with Crippen molar-refractivity contribution in [1.29, 1.82) is 0 Å². The van der Waals surface area contributed by atoms with Crippen LogP contribution in [0, 0.1) is 0 Å². The Kier molecular flexibility index (Phi) is 2.80. The van der Waals surface area contributed by atoms with Crippen LogP contribution in [0.1, 0.15) is 0 Å². The van der Waals surface area contributed by atoms with E-state index in [2.05, 4.69) is 102 Å². The van der Waals surface area contributed by atoms with Gasteiger partial charge in [-0.2, -0.15) is 0 Å². The average molecular weight is 367 g/mol. The summed E-state index contributed by atoms with van der Waals surface area (Å²) in [4.78, 5) is 3.73. The molecule has 0 unspecified atom stereocenters. The first-order valence-corrected chi connectivity index (χ1v) is 10.1. The van der Waals surface area contributed by atoms with Crippen molar-refractivity contribution >= 4 is 64.9 Å². The van der Waals surface area contributed by atoms with E-state index in [-0.39, 0.29) is 0 Å². The van der Waals surface area contributed by atoms with Crippen LogP contribution in [0.25, 0.3) is 64.9 Å². The van der Waals surface area contributed by atoms with Gasteiger partial charge in [-0.1, -0.05) is 91.0 Å². The predicted molar refractivity (Wildman–Crippen MR) is 126 cm³/mol. The molecule has 6 aromatic carbocycles. The van der Waals surface area contributed by atoms with Crippen molar-refractivity contribution in [1.82, 2.24) is 4.98 Å². The second-order valence-electron chi connectivity index (χ2n) is 7.84. The maximum Gasteiger partial charge on any atom is 0.0544 e. The fourth-order valence-corrected chi connectivity index (χ4v) is 5.13. The number of aromatic amines is 1. The number of fused-ring (bicyclic) bond motifs is 12. The summed E-state index contributed by atoms with van der Waals surface area (Å²) in [6.45, 7) is 0. The summed E-state index contributed by atoms with van der Waals surface area (Å²) in [5.74, 6) is 0. The van der Waals surface area contributed by atoms with Crippen LogP contribution in [0.5, 0.6) is 0 Å². The standard InChI is InChI=1S/C28H17N/c1-2-8-18-17(7-1)13-14-24-27-25(29-28(18)24)16-15-23-21-11-4-3-9-19(21)20-10-5-6-12-22(20)26(23)27/h1-16,29H. The van der Waals surface area contributed by atoms with Crippen LogP contribution in [0.2, 0.25) is 0 Å². The first-order valence-electron chi connectivity index (χ1n) is 10.1. The normalized spacial score (nSPS) is 12.1. The molecule has 1 nitrogen and oxygen atoms in total. The average Bonchev–Trinajstić information content (AvgIpc) is 3.18. The Morgan fingerprint density at radius 2 is 0.931 bits per heavy atom. The largest absolute Gasteiger partial charge is 0.354 e. The second kappa shape index (κ2) is 5.36. The Balaban J connectivity index is 1.84. The Bertz CT molecular complexity index is 1720. The molecule has 7 rings (SSSR count). The Hall–Kier alpha value is -3.84. The summed E-state index contributed by atoms with van der Waals surface area (Å²) < 4.78 is 0. The van der Waals surface area contributed by atoms with Gasteiger partial charge in [0.05, 0.1) is 5.52 Å². The minimum atomic E-state index is 1.20. The summed E-state index contributed by atoms with van der Waals surface area (Å²) in [6.07, 6.45) is 0. The van der Waals surface area contributed by atoms with Gasteiger partial charge in [-0.3, -0.25) is 0 Å². The van der Waals surface area contributed by atoms with E-state index in [1.165, 1.54) is 64.9 Å². The van der Waals surface area contributed by atoms with Crippen molar-refractivity contribution in [3.8, 4) is 0 Å². The van der Waals surface area contributed by atoms with Crippen molar-refractivity contribution in [2.24, 2.45) is 0 Å². The lowest BCUT2D eigenvalue weighted by molar-refractivity contribution is 1.57. The maximum absolute atomic E-state index is 3.73. The maximum atomic E-state index is 3.73. The van der Waals surface area contributed by atoms with Crippen molar-refractivity contribution in [3.05, 3.63) is 97.1 Å². The van der Waals surface area contributed by atoms with E-state index in [0.29, 0.717) is 0 Å². The molecule has 0 saturated carbocycles. The van der Waals surface area contributed by atoms with Crippen LogP contribution < -0.4 is 0 Å². The third-order valence-electron chi connectivity index (χ3n) is 6.37. The molecule has 29 heavy (non-hydrogen) atoms. The lowest BCUT2D eigenvalue weighted by Gasteiger charge is -2.11. The summed E-state index contributed by atoms with van der Waals surface area (Å²) in [5, 5.41) is 13.1. The molecule has 0 spiro atoms. The van der Waals surface area contributed by atoms with E-state index < -0.39 is 0 Å². The van der Waals surface area contributed by atoms with Gasteiger partial charge in [0, 0.05) is 27.1 Å². The van der Waals surface area contributed by atoms with Gasteiger partial charge in [0.25, 0.3) is 0 Å². The molecule has 0 aliphatic carbocycles. The van der Waals surface area contributed by atoms with Crippen LogP contribution in [0.3, 0.4) is 0 Å². The quantitative estimate of drug-likeness (QED) is 0.262. The SMILES string of the molecule is c1ccc2c(c1)ccc1c2[nH]c2ccc3c4ccccc4c4ccccc4c3c21. The highest BCUT2D eigenvalue weighted by Gasteiger charge is 2.15. The zero-order valence-corrected chi connectivity index (χ0v) is 15.7. The highest BCUT2D eigenvalue weighted by Crippen LogP contribution is 2.42. The summed E-state index contributed by atoms with van der Waals surface area (Å²) in [6, 6.07) is 35.2. The Labute approximate surface area is 167 Å². The molecule has 1 N–H and O–H groups in total. The van der Waals surface area contributed by atoms with Crippen LogP contribution in [0.4, 0.5) is 0 Å². The monoisotopic (exact) mass is 367 g/mol. The van der Waals surface area contributed by atoms with Gasteiger partial charge >= 0.3 is 0 Å². The molecule has 1 heteroatoms. The summed E-state index contributed by atoms with van der Waals surface area (Å²) in [5.41, 5.74) is 2.42. The molecule has 1 aromatic heterocycles. The van der Waals surface area contributed by atoms with E-state index in [1.54, 1.807) is 0 Å². The van der Waals surface area contributed by atoms with E-state index in [1.807, 2.05) is 0 Å². The van der Waals surface area contributed by atoms with Crippen LogP contribution in [-0.2, 0) is 0 Å². The molecule has 0 aliphatic heterocycles. The van der Waals surface area contributed by atoms with E-state index in [4.69, 9.17) is 0 Å². The molecule has 0 aliphatic rings. The molecule has 0 amide bonds. The number of hydrogen-bond acceptors (Lipinski definition) is 0. The Morgan fingerprint density at radius 1 is 0.379 bits per heavy atom. The minimum Gasteiger partial charge on any atom is -0.354 e. The zero-order valence-electron chi connectivity index (χ0n) is 15.7. The van der Waals surface area contributed by atoms with Crippen LogP contribution >= 0.6 is 0 Å². The second-order valence-corrected chi connectivity index (χ2v) is 7.84. The van der Waals surface area contributed by atoms with Gasteiger partial charge in [-0.15, -0.1) is 0 Å². The molecule has 0 radical (unpaired) electrons. The van der Waals surface area contributed by atoms with Crippen molar-refractivity contribution in [2.45, 2.75) is 0 Å². The molecular formula is C28H17N. The number of hydrogen-bond donors (Lipinski definition) is 1. The molecule has 0 atom stereocenters.